The predicted octanol–water partition coefficient (Wildman–Crippen LogP) is 1.51. The maximum absolute atomic E-state index is 11.0. The monoisotopic (exact) mass is 224 g/mol. The molecule has 0 spiro atoms. The molecule has 2 rings (SSSR count). The van der Waals surface area contributed by atoms with Crippen LogP contribution in [0, 0.1) is 5.41 Å². The van der Waals surface area contributed by atoms with Crippen molar-refractivity contribution in [2.75, 3.05) is 12.4 Å². The van der Waals surface area contributed by atoms with E-state index in [1.165, 1.54) is 0 Å². The second-order valence-corrected chi connectivity index (χ2v) is 7.42. The van der Waals surface area contributed by atoms with Crippen molar-refractivity contribution in [2.24, 2.45) is 5.41 Å². The summed E-state index contributed by atoms with van der Waals surface area (Å²) >= 11 is 0. The van der Waals surface area contributed by atoms with Gasteiger partial charge in [-0.3, -0.25) is 0 Å². The molecule has 2 atom stereocenters. The van der Waals surface area contributed by atoms with Crippen LogP contribution in [0.15, 0.2) is 0 Å². The Morgan fingerprint density at radius 1 is 1.46 bits per heavy atom. The number of hydrogen-bond donors (Lipinski definition) is 0. The van der Waals surface area contributed by atoms with Crippen LogP contribution in [0.5, 0.6) is 0 Å². The highest BCUT2D eigenvalue weighted by molar-refractivity contribution is 8.13. The van der Waals surface area contributed by atoms with E-state index in [1.807, 2.05) is 0 Å². The van der Waals surface area contributed by atoms with Gasteiger partial charge < -0.3 is 4.74 Å². The SMILES string of the molecule is CC12CCC(CS(=O)(=O)Cl)(C1)OC2. The first kappa shape index (κ1) is 9.74. The van der Waals surface area contributed by atoms with Crippen molar-refractivity contribution in [2.45, 2.75) is 31.8 Å². The summed E-state index contributed by atoms with van der Waals surface area (Å²) in [7, 11) is 1.81. The lowest BCUT2D eigenvalue weighted by Crippen LogP contribution is -2.33. The summed E-state index contributed by atoms with van der Waals surface area (Å²) in [6.45, 7) is 2.82. The molecular formula is C8H13ClO3S. The topological polar surface area (TPSA) is 43.4 Å². The molecule has 0 radical (unpaired) electrons. The van der Waals surface area contributed by atoms with Gasteiger partial charge in [-0.15, -0.1) is 0 Å². The third-order valence-corrected chi connectivity index (χ3v) is 4.29. The molecule has 1 saturated heterocycles. The van der Waals surface area contributed by atoms with Gasteiger partial charge in [0.1, 0.15) is 0 Å². The van der Waals surface area contributed by atoms with Gasteiger partial charge in [0, 0.05) is 10.7 Å². The van der Waals surface area contributed by atoms with Crippen molar-refractivity contribution in [3.05, 3.63) is 0 Å². The third-order valence-electron chi connectivity index (χ3n) is 3.10. The zero-order chi connectivity index (χ0) is 9.74. The number of hydrogen-bond acceptors (Lipinski definition) is 3. The van der Waals surface area contributed by atoms with Crippen molar-refractivity contribution in [1.29, 1.82) is 0 Å². The fourth-order valence-corrected chi connectivity index (χ4v) is 4.09. The minimum Gasteiger partial charge on any atom is -0.373 e. The van der Waals surface area contributed by atoms with Gasteiger partial charge in [0.25, 0.3) is 0 Å². The Bertz CT molecular complexity index is 314. The molecular weight excluding hydrogens is 212 g/mol. The average Bonchev–Trinajstić information content (AvgIpc) is 2.37. The first-order chi connectivity index (χ1) is 5.83. The van der Waals surface area contributed by atoms with E-state index in [1.54, 1.807) is 0 Å². The quantitative estimate of drug-likeness (QED) is 0.668. The lowest BCUT2D eigenvalue weighted by Gasteiger charge is -2.25. The minimum absolute atomic E-state index is 0.0306. The van der Waals surface area contributed by atoms with E-state index in [4.69, 9.17) is 15.4 Å². The lowest BCUT2D eigenvalue weighted by atomic mass is 9.91. The molecule has 2 aliphatic rings. The van der Waals surface area contributed by atoms with Crippen LogP contribution >= 0.6 is 10.7 Å². The van der Waals surface area contributed by atoms with Gasteiger partial charge in [-0.05, 0) is 24.7 Å². The molecule has 5 heteroatoms. The molecule has 1 aliphatic heterocycles. The highest BCUT2D eigenvalue weighted by Gasteiger charge is 2.54. The normalized spacial score (nSPS) is 44.2. The molecule has 0 aromatic rings. The average molecular weight is 225 g/mol. The van der Waals surface area contributed by atoms with E-state index < -0.39 is 14.7 Å². The molecule has 1 saturated carbocycles. The summed E-state index contributed by atoms with van der Waals surface area (Å²) in [5.41, 5.74) is -0.267. The maximum Gasteiger partial charge on any atom is 0.235 e. The van der Waals surface area contributed by atoms with E-state index in [-0.39, 0.29) is 11.2 Å². The molecule has 0 aromatic carbocycles. The summed E-state index contributed by atoms with van der Waals surface area (Å²) < 4.78 is 27.5. The van der Waals surface area contributed by atoms with E-state index in [9.17, 15) is 8.42 Å². The van der Waals surface area contributed by atoms with Gasteiger partial charge >= 0.3 is 0 Å². The molecule has 13 heavy (non-hydrogen) atoms. The Morgan fingerprint density at radius 2 is 2.15 bits per heavy atom. The van der Waals surface area contributed by atoms with Gasteiger partial charge in [-0.1, -0.05) is 6.92 Å². The Morgan fingerprint density at radius 3 is 2.46 bits per heavy atom. The Balaban J connectivity index is 2.17. The van der Waals surface area contributed by atoms with Crippen LogP contribution in [0.25, 0.3) is 0 Å². The van der Waals surface area contributed by atoms with Crippen LogP contribution in [0.3, 0.4) is 0 Å². The summed E-state index contributed by atoms with van der Waals surface area (Å²) in [5.74, 6) is -0.0306. The maximum atomic E-state index is 11.0. The zero-order valence-electron chi connectivity index (χ0n) is 7.55. The molecule has 0 amide bonds. The lowest BCUT2D eigenvalue weighted by molar-refractivity contribution is -0.0103. The van der Waals surface area contributed by atoms with Crippen LogP contribution in [0.2, 0.25) is 0 Å². The highest BCUT2D eigenvalue weighted by atomic mass is 35.7. The van der Waals surface area contributed by atoms with Gasteiger partial charge in [-0.25, -0.2) is 8.42 Å². The largest absolute Gasteiger partial charge is 0.373 e. The smallest absolute Gasteiger partial charge is 0.235 e. The molecule has 3 nitrogen and oxygen atoms in total. The molecule has 76 valence electrons. The fraction of sp³-hybridized carbons (Fsp3) is 1.00. The molecule has 0 N–H and O–H groups in total. The van der Waals surface area contributed by atoms with Gasteiger partial charge in [0.2, 0.25) is 9.05 Å². The standard InChI is InChI=1S/C8H13ClO3S/c1-7-2-3-8(4-7,12-5-7)6-13(9,10)11/h2-6H2,1H3. The van der Waals surface area contributed by atoms with Crippen LogP contribution in [0.1, 0.15) is 26.2 Å². The Labute approximate surface area is 82.8 Å². The van der Waals surface area contributed by atoms with Crippen molar-refractivity contribution in [3.8, 4) is 0 Å². The second-order valence-electron chi connectivity index (χ2n) is 4.64. The highest BCUT2D eigenvalue weighted by Crippen LogP contribution is 2.53. The molecule has 0 aromatic heterocycles. The first-order valence-corrected chi connectivity index (χ1v) is 6.87. The molecule has 2 fully saturated rings. The van der Waals surface area contributed by atoms with Crippen molar-refractivity contribution < 1.29 is 13.2 Å². The fourth-order valence-electron chi connectivity index (χ4n) is 2.54. The number of ether oxygens (including phenoxy) is 1. The Hall–Kier alpha value is 0.200. The molecule has 1 heterocycles. The van der Waals surface area contributed by atoms with Crippen LogP contribution in [0.4, 0.5) is 0 Å². The molecule has 1 aliphatic carbocycles. The summed E-state index contributed by atoms with van der Waals surface area (Å²) in [4.78, 5) is 0. The minimum atomic E-state index is -3.43. The van der Waals surface area contributed by atoms with Gasteiger partial charge in [0.05, 0.1) is 18.0 Å². The summed E-state index contributed by atoms with van der Waals surface area (Å²) in [6, 6.07) is 0. The summed E-state index contributed by atoms with van der Waals surface area (Å²) in [6.07, 6.45) is 2.72. The second kappa shape index (κ2) is 2.61. The van der Waals surface area contributed by atoms with Crippen molar-refractivity contribution in [1.82, 2.24) is 0 Å². The third kappa shape index (κ3) is 1.85. The zero-order valence-corrected chi connectivity index (χ0v) is 9.12. The number of fused-ring (bicyclic) bond motifs is 2. The van der Waals surface area contributed by atoms with Crippen LogP contribution < -0.4 is 0 Å². The van der Waals surface area contributed by atoms with E-state index in [0.717, 1.165) is 19.3 Å². The van der Waals surface area contributed by atoms with Crippen molar-refractivity contribution in [3.63, 3.8) is 0 Å². The predicted molar refractivity (Wildman–Crippen MR) is 50.3 cm³/mol. The summed E-state index contributed by atoms with van der Waals surface area (Å²) in [5, 5.41) is 0. The number of halogens is 1. The Kier molecular flexibility index (Phi) is 1.96. The van der Waals surface area contributed by atoms with E-state index in [0.29, 0.717) is 6.61 Å². The first-order valence-electron chi connectivity index (χ1n) is 4.39. The van der Waals surface area contributed by atoms with Crippen LogP contribution in [-0.4, -0.2) is 26.4 Å². The van der Waals surface area contributed by atoms with E-state index >= 15 is 0 Å². The van der Waals surface area contributed by atoms with Gasteiger partial charge in [0.15, 0.2) is 0 Å². The number of rotatable bonds is 2. The van der Waals surface area contributed by atoms with Gasteiger partial charge in [-0.2, -0.15) is 0 Å². The van der Waals surface area contributed by atoms with E-state index in [2.05, 4.69) is 6.92 Å². The molecule has 2 bridgehead atoms. The van der Waals surface area contributed by atoms with Crippen molar-refractivity contribution >= 4 is 19.7 Å². The van der Waals surface area contributed by atoms with Crippen LogP contribution in [-0.2, 0) is 13.8 Å². The molecule has 2 unspecified atom stereocenters.